The molecule has 0 saturated carbocycles. The van der Waals surface area contributed by atoms with E-state index in [9.17, 15) is 18.9 Å². The van der Waals surface area contributed by atoms with Gasteiger partial charge < -0.3 is 4.74 Å². The van der Waals surface area contributed by atoms with Crippen LogP contribution in [-0.2, 0) is 6.42 Å². The van der Waals surface area contributed by atoms with E-state index >= 15 is 0 Å². The van der Waals surface area contributed by atoms with Crippen LogP contribution in [-0.4, -0.2) is 16.9 Å². The summed E-state index contributed by atoms with van der Waals surface area (Å²) in [6.07, 6.45) is 1.25. The zero-order chi connectivity index (χ0) is 12.8. The van der Waals surface area contributed by atoms with E-state index in [0.717, 1.165) is 17.8 Å². The third kappa shape index (κ3) is 4.26. The lowest BCUT2D eigenvalue weighted by Crippen LogP contribution is -2.05. The number of halogens is 3. The molecule has 0 bridgehead atoms. The zero-order valence-corrected chi connectivity index (χ0v) is 10.3. The van der Waals surface area contributed by atoms with Crippen LogP contribution >= 0.6 is 15.9 Å². The first-order valence-corrected chi connectivity index (χ1v) is 5.95. The molecule has 4 nitrogen and oxygen atoms in total. The van der Waals surface area contributed by atoms with Crippen LogP contribution in [0.3, 0.4) is 0 Å². The van der Waals surface area contributed by atoms with Crippen LogP contribution in [0.15, 0.2) is 18.2 Å². The number of hydrogen-bond donors (Lipinski definition) is 0. The summed E-state index contributed by atoms with van der Waals surface area (Å²) >= 11 is 3.22. The zero-order valence-electron chi connectivity index (χ0n) is 8.74. The molecule has 17 heavy (non-hydrogen) atoms. The van der Waals surface area contributed by atoms with E-state index in [1.54, 1.807) is 0 Å². The second-order valence-corrected chi connectivity index (χ2v) is 4.01. The second kappa shape index (κ2) is 6.48. The van der Waals surface area contributed by atoms with Gasteiger partial charge in [0.2, 0.25) is 0 Å². The minimum Gasteiger partial charge on any atom is -0.434 e. The summed E-state index contributed by atoms with van der Waals surface area (Å²) in [5.41, 5.74) is 0.276. The number of rotatable bonds is 6. The summed E-state index contributed by atoms with van der Waals surface area (Å²) in [6, 6.07) is 3.75. The Labute approximate surface area is 105 Å². The van der Waals surface area contributed by atoms with Gasteiger partial charge in [0, 0.05) is 11.4 Å². The molecule has 0 heterocycles. The van der Waals surface area contributed by atoms with Crippen molar-refractivity contribution >= 4 is 21.6 Å². The van der Waals surface area contributed by atoms with Crippen molar-refractivity contribution in [3.05, 3.63) is 33.9 Å². The van der Waals surface area contributed by atoms with Crippen LogP contribution in [0.2, 0.25) is 0 Å². The molecular formula is C10H10BrF2NO3. The average Bonchev–Trinajstić information content (AvgIpc) is 2.26. The topological polar surface area (TPSA) is 52.4 Å². The van der Waals surface area contributed by atoms with Crippen molar-refractivity contribution in [3.63, 3.8) is 0 Å². The fraction of sp³-hybridized carbons (Fsp3) is 0.400. The molecule has 0 aliphatic carbocycles. The van der Waals surface area contributed by atoms with E-state index in [1.165, 1.54) is 12.1 Å². The molecule has 0 aromatic heterocycles. The summed E-state index contributed by atoms with van der Waals surface area (Å²) in [7, 11) is 0. The molecule has 0 aliphatic rings. The second-order valence-electron chi connectivity index (χ2n) is 3.22. The Balaban J connectivity index is 2.98. The fourth-order valence-electron chi connectivity index (χ4n) is 1.33. The molecule has 0 aliphatic heterocycles. The average molecular weight is 310 g/mol. The summed E-state index contributed by atoms with van der Waals surface area (Å²) < 4.78 is 28.6. The monoisotopic (exact) mass is 309 g/mol. The Morgan fingerprint density at radius 1 is 1.47 bits per heavy atom. The first kappa shape index (κ1) is 13.8. The van der Waals surface area contributed by atoms with E-state index in [4.69, 9.17) is 0 Å². The molecule has 1 aromatic rings. The molecule has 0 amide bonds. The lowest BCUT2D eigenvalue weighted by Gasteiger charge is -2.09. The highest BCUT2D eigenvalue weighted by molar-refractivity contribution is 9.09. The van der Waals surface area contributed by atoms with Crippen LogP contribution in [0.25, 0.3) is 0 Å². The Morgan fingerprint density at radius 2 is 2.18 bits per heavy atom. The van der Waals surface area contributed by atoms with Crippen molar-refractivity contribution in [2.45, 2.75) is 19.5 Å². The van der Waals surface area contributed by atoms with Crippen LogP contribution < -0.4 is 4.74 Å². The number of nitro groups is 1. The first-order chi connectivity index (χ1) is 8.04. The molecule has 0 radical (unpaired) electrons. The number of hydrogen-bond acceptors (Lipinski definition) is 3. The van der Waals surface area contributed by atoms with Gasteiger partial charge in [0.1, 0.15) is 5.75 Å². The van der Waals surface area contributed by atoms with Crippen LogP contribution in [0.5, 0.6) is 5.75 Å². The van der Waals surface area contributed by atoms with Gasteiger partial charge in [-0.3, -0.25) is 10.1 Å². The van der Waals surface area contributed by atoms with Gasteiger partial charge in [-0.1, -0.05) is 15.9 Å². The van der Waals surface area contributed by atoms with Crippen molar-refractivity contribution in [1.82, 2.24) is 0 Å². The highest BCUT2D eigenvalue weighted by Crippen LogP contribution is 2.27. The maximum Gasteiger partial charge on any atom is 0.387 e. The Hall–Kier alpha value is -1.24. The Bertz CT molecular complexity index is 401. The van der Waals surface area contributed by atoms with Gasteiger partial charge in [-0.15, -0.1) is 0 Å². The maximum absolute atomic E-state index is 12.2. The number of non-ortho nitro benzene ring substituents is 1. The molecule has 94 valence electrons. The predicted molar refractivity (Wildman–Crippen MR) is 61.8 cm³/mol. The van der Waals surface area contributed by atoms with Gasteiger partial charge in [-0.25, -0.2) is 0 Å². The third-order valence-electron chi connectivity index (χ3n) is 2.06. The van der Waals surface area contributed by atoms with E-state index in [0.29, 0.717) is 12.0 Å². The predicted octanol–water partition coefficient (Wildman–Crippen LogP) is 3.52. The minimum atomic E-state index is -2.99. The molecule has 7 heteroatoms. The molecule has 0 atom stereocenters. The molecule has 0 unspecified atom stereocenters. The summed E-state index contributed by atoms with van der Waals surface area (Å²) in [6.45, 7) is -2.99. The lowest BCUT2D eigenvalue weighted by molar-refractivity contribution is -0.385. The fourth-order valence-corrected chi connectivity index (χ4v) is 1.61. The summed E-state index contributed by atoms with van der Waals surface area (Å²) in [5, 5.41) is 11.2. The van der Waals surface area contributed by atoms with E-state index in [2.05, 4.69) is 20.7 Å². The van der Waals surface area contributed by atoms with Gasteiger partial charge in [0.05, 0.1) is 11.0 Å². The highest BCUT2D eigenvalue weighted by atomic mass is 79.9. The van der Waals surface area contributed by atoms with Crippen molar-refractivity contribution in [2.75, 3.05) is 5.33 Å². The van der Waals surface area contributed by atoms with Crippen molar-refractivity contribution < 1.29 is 18.4 Å². The Kier molecular flexibility index (Phi) is 5.27. The van der Waals surface area contributed by atoms with Crippen molar-refractivity contribution in [1.29, 1.82) is 0 Å². The first-order valence-electron chi connectivity index (χ1n) is 4.82. The van der Waals surface area contributed by atoms with Gasteiger partial charge >= 0.3 is 6.61 Å². The third-order valence-corrected chi connectivity index (χ3v) is 2.62. The van der Waals surface area contributed by atoms with Crippen molar-refractivity contribution in [2.24, 2.45) is 0 Å². The molecule has 0 fully saturated rings. The molecule has 1 rings (SSSR count). The summed E-state index contributed by atoms with van der Waals surface area (Å²) in [4.78, 5) is 9.87. The number of aryl methyl sites for hydroxylation is 1. The maximum atomic E-state index is 12.2. The van der Waals surface area contributed by atoms with Crippen LogP contribution in [0, 0.1) is 10.1 Å². The number of benzene rings is 1. The Morgan fingerprint density at radius 3 is 2.71 bits per heavy atom. The summed E-state index contributed by atoms with van der Waals surface area (Å²) in [5.74, 6) is -0.129. The quantitative estimate of drug-likeness (QED) is 0.459. The normalized spacial score (nSPS) is 10.6. The molecular weight excluding hydrogens is 300 g/mol. The molecule has 0 saturated heterocycles. The standard InChI is InChI=1S/C10H10BrF2NO3/c11-5-1-2-7-3-4-8(14(15)16)6-9(7)17-10(12)13/h3-4,6,10H,1-2,5H2. The molecule has 0 spiro atoms. The van der Waals surface area contributed by atoms with Crippen LogP contribution in [0.4, 0.5) is 14.5 Å². The number of alkyl halides is 3. The van der Waals surface area contributed by atoms with Gasteiger partial charge in [-0.05, 0) is 24.5 Å². The van der Waals surface area contributed by atoms with Crippen molar-refractivity contribution in [3.8, 4) is 5.75 Å². The SMILES string of the molecule is O=[N+]([O-])c1ccc(CCCBr)c(OC(F)F)c1. The highest BCUT2D eigenvalue weighted by Gasteiger charge is 2.14. The van der Waals surface area contributed by atoms with E-state index < -0.39 is 11.5 Å². The molecule has 1 aromatic carbocycles. The largest absolute Gasteiger partial charge is 0.434 e. The van der Waals surface area contributed by atoms with Gasteiger partial charge in [0.15, 0.2) is 0 Å². The number of nitro benzene ring substituents is 1. The smallest absolute Gasteiger partial charge is 0.387 e. The van der Waals surface area contributed by atoms with Gasteiger partial charge in [-0.2, -0.15) is 8.78 Å². The molecule has 0 N–H and O–H groups in total. The van der Waals surface area contributed by atoms with Crippen LogP contribution in [0.1, 0.15) is 12.0 Å². The number of nitrogens with zero attached hydrogens (tertiary/aromatic N) is 1. The lowest BCUT2D eigenvalue weighted by atomic mass is 10.1. The number of ether oxygens (including phenoxy) is 1. The minimum absolute atomic E-state index is 0.129. The van der Waals surface area contributed by atoms with E-state index in [1.807, 2.05) is 0 Å². The van der Waals surface area contributed by atoms with Gasteiger partial charge in [0.25, 0.3) is 5.69 Å². The van der Waals surface area contributed by atoms with E-state index in [-0.39, 0.29) is 11.4 Å².